The highest BCUT2D eigenvalue weighted by atomic mass is 16.5. The Balaban J connectivity index is 1.90. The van der Waals surface area contributed by atoms with Crippen molar-refractivity contribution in [2.45, 2.75) is 19.0 Å². The molecular weight excluding hydrogens is 214 g/mol. The molecule has 1 aliphatic rings. The summed E-state index contributed by atoms with van der Waals surface area (Å²) in [6.45, 7) is 4.90. The van der Waals surface area contributed by atoms with Gasteiger partial charge in [-0.3, -0.25) is 4.79 Å². The Morgan fingerprint density at radius 2 is 2.18 bits per heavy atom. The minimum absolute atomic E-state index is 0.0868. The van der Waals surface area contributed by atoms with Crippen LogP contribution in [-0.4, -0.2) is 18.6 Å². The molecule has 1 heterocycles. The second-order valence-electron chi connectivity index (χ2n) is 4.23. The van der Waals surface area contributed by atoms with Crippen molar-refractivity contribution in [3.8, 4) is 0 Å². The number of hydrogen-bond donors (Lipinski definition) is 1. The molecule has 1 fully saturated rings. The van der Waals surface area contributed by atoms with E-state index in [1.165, 1.54) is 5.56 Å². The van der Waals surface area contributed by atoms with Crippen LogP contribution in [0.4, 0.5) is 0 Å². The van der Waals surface area contributed by atoms with Gasteiger partial charge in [-0.1, -0.05) is 36.4 Å². The first-order chi connectivity index (χ1) is 8.31. The van der Waals surface area contributed by atoms with E-state index in [0.29, 0.717) is 13.0 Å². The normalized spacial score (nSPS) is 23.4. The Hall–Kier alpha value is -1.61. The monoisotopic (exact) mass is 231 g/mol. The smallest absolute Gasteiger partial charge is 0.311 e. The topological polar surface area (TPSA) is 38.3 Å². The van der Waals surface area contributed by atoms with E-state index in [0.717, 1.165) is 6.54 Å². The molecule has 2 rings (SSSR count). The van der Waals surface area contributed by atoms with Crippen LogP contribution < -0.4 is 5.32 Å². The molecule has 0 unspecified atom stereocenters. The molecule has 0 saturated carbocycles. The maximum atomic E-state index is 11.5. The van der Waals surface area contributed by atoms with E-state index in [2.05, 4.69) is 24.0 Å². The third-order valence-electron chi connectivity index (χ3n) is 3.03. The van der Waals surface area contributed by atoms with Crippen LogP contribution in [0.1, 0.15) is 12.0 Å². The maximum Gasteiger partial charge on any atom is 0.311 e. The van der Waals surface area contributed by atoms with Gasteiger partial charge >= 0.3 is 5.97 Å². The Kier molecular flexibility index (Phi) is 3.94. The van der Waals surface area contributed by atoms with Gasteiger partial charge in [0, 0.05) is 6.54 Å². The Labute approximate surface area is 101 Å². The summed E-state index contributed by atoms with van der Waals surface area (Å²) in [5.74, 6) is -0.202. The first-order valence-electron chi connectivity index (χ1n) is 5.86. The third kappa shape index (κ3) is 2.94. The number of rotatable bonds is 5. The quantitative estimate of drug-likeness (QED) is 0.621. The summed E-state index contributed by atoms with van der Waals surface area (Å²) in [6.07, 6.45) is 2.44. The van der Waals surface area contributed by atoms with Gasteiger partial charge in [-0.25, -0.2) is 0 Å². The number of benzene rings is 1. The standard InChI is InChI=1S/C14H17NO2/c1-2-6-12-13(10-17-14(12)16)15-9-11-7-4-3-5-8-11/h2-5,7-8,12-13,15H,1,6,9-10H2/t12-,13+/m1/s1. The molecule has 90 valence electrons. The number of cyclic esters (lactones) is 1. The van der Waals surface area contributed by atoms with E-state index in [1.807, 2.05) is 18.2 Å². The summed E-state index contributed by atoms with van der Waals surface area (Å²) >= 11 is 0. The van der Waals surface area contributed by atoms with Crippen molar-refractivity contribution in [2.75, 3.05) is 6.61 Å². The van der Waals surface area contributed by atoms with Gasteiger partial charge < -0.3 is 10.1 Å². The zero-order valence-electron chi connectivity index (χ0n) is 9.76. The van der Waals surface area contributed by atoms with Crippen LogP contribution in [0.5, 0.6) is 0 Å². The molecule has 3 nitrogen and oxygen atoms in total. The van der Waals surface area contributed by atoms with Gasteiger partial charge in [0.1, 0.15) is 6.61 Å². The summed E-state index contributed by atoms with van der Waals surface area (Å²) < 4.78 is 5.07. The molecule has 1 aliphatic heterocycles. The van der Waals surface area contributed by atoms with Crippen molar-refractivity contribution < 1.29 is 9.53 Å². The molecular formula is C14H17NO2. The van der Waals surface area contributed by atoms with Gasteiger partial charge in [-0.2, -0.15) is 0 Å². The molecule has 0 amide bonds. The molecule has 1 N–H and O–H groups in total. The van der Waals surface area contributed by atoms with E-state index >= 15 is 0 Å². The SMILES string of the molecule is C=CC[C@H]1C(=O)OC[C@@H]1NCc1ccccc1. The van der Waals surface area contributed by atoms with Crippen LogP contribution in [0.3, 0.4) is 0 Å². The highest BCUT2D eigenvalue weighted by Gasteiger charge is 2.35. The van der Waals surface area contributed by atoms with Crippen LogP contribution >= 0.6 is 0 Å². The Morgan fingerprint density at radius 3 is 2.88 bits per heavy atom. The zero-order valence-corrected chi connectivity index (χ0v) is 9.76. The van der Waals surface area contributed by atoms with Crippen molar-refractivity contribution in [3.63, 3.8) is 0 Å². The van der Waals surface area contributed by atoms with Gasteiger partial charge in [0.2, 0.25) is 0 Å². The van der Waals surface area contributed by atoms with Crippen LogP contribution in [0.15, 0.2) is 43.0 Å². The number of hydrogen-bond acceptors (Lipinski definition) is 3. The van der Waals surface area contributed by atoms with Crippen molar-refractivity contribution in [2.24, 2.45) is 5.92 Å². The van der Waals surface area contributed by atoms with Crippen molar-refractivity contribution in [3.05, 3.63) is 48.6 Å². The van der Waals surface area contributed by atoms with Gasteiger partial charge in [0.05, 0.1) is 12.0 Å². The number of ether oxygens (including phenoxy) is 1. The number of carbonyl (C=O) groups excluding carboxylic acids is 1. The van der Waals surface area contributed by atoms with Gasteiger partial charge in [-0.15, -0.1) is 6.58 Å². The largest absolute Gasteiger partial charge is 0.464 e. The Morgan fingerprint density at radius 1 is 1.41 bits per heavy atom. The van der Waals surface area contributed by atoms with Gasteiger partial charge in [-0.05, 0) is 12.0 Å². The molecule has 0 bridgehead atoms. The predicted molar refractivity (Wildman–Crippen MR) is 66.3 cm³/mol. The lowest BCUT2D eigenvalue weighted by molar-refractivity contribution is -0.141. The molecule has 0 aromatic heterocycles. The van der Waals surface area contributed by atoms with Crippen molar-refractivity contribution in [1.29, 1.82) is 0 Å². The van der Waals surface area contributed by atoms with E-state index in [4.69, 9.17) is 4.74 Å². The zero-order chi connectivity index (χ0) is 12.1. The number of esters is 1. The molecule has 3 heteroatoms. The summed E-state index contributed by atoms with van der Waals surface area (Å²) in [7, 11) is 0. The molecule has 1 aromatic rings. The van der Waals surface area contributed by atoms with E-state index < -0.39 is 0 Å². The van der Waals surface area contributed by atoms with E-state index in [1.54, 1.807) is 6.08 Å². The van der Waals surface area contributed by atoms with Crippen LogP contribution in [0.2, 0.25) is 0 Å². The maximum absolute atomic E-state index is 11.5. The predicted octanol–water partition coefficient (Wildman–Crippen LogP) is 1.89. The van der Waals surface area contributed by atoms with Crippen LogP contribution in [0, 0.1) is 5.92 Å². The van der Waals surface area contributed by atoms with Gasteiger partial charge in [0.25, 0.3) is 0 Å². The minimum atomic E-state index is -0.115. The lowest BCUT2D eigenvalue weighted by atomic mass is 9.99. The number of nitrogens with one attached hydrogen (secondary N) is 1. The summed E-state index contributed by atoms with van der Waals surface area (Å²) in [6, 6.07) is 10.2. The average molecular weight is 231 g/mol. The highest BCUT2D eigenvalue weighted by Crippen LogP contribution is 2.19. The number of allylic oxidation sites excluding steroid dienone is 1. The fourth-order valence-electron chi connectivity index (χ4n) is 2.05. The van der Waals surface area contributed by atoms with Crippen molar-refractivity contribution in [1.82, 2.24) is 5.32 Å². The van der Waals surface area contributed by atoms with Crippen molar-refractivity contribution >= 4 is 5.97 Å². The van der Waals surface area contributed by atoms with E-state index in [9.17, 15) is 4.79 Å². The molecule has 2 atom stereocenters. The fourth-order valence-corrected chi connectivity index (χ4v) is 2.05. The molecule has 17 heavy (non-hydrogen) atoms. The minimum Gasteiger partial charge on any atom is -0.464 e. The number of carbonyl (C=O) groups is 1. The second-order valence-corrected chi connectivity index (χ2v) is 4.23. The molecule has 0 spiro atoms. The lowest BCUT2D eigenvalue weighted by Crippen LogP contribution is -2.35. The lowest BCUT2D eigenvalue weighted by Gasteiger charge is -2.15. The molecule has 1 aromatic carbocycles. The summed E-state index contributed by atoms with van der Waals surface area (Å²) in [4.78, 5) is 11.5. The highest BCUT2D eigenvalue weighted by molar-refractivity contribution is 5.75. The molecule has 0 radical (unpaired) electrons. The average Bonchev–Trinajstić information content (AvgIpc) is 2.70. The Bertz CT molecular complexity index is 388. The fraction of sp³-hybridized carbons (Fsp3) is 0.357. The third-order valence-corrected chi connectivity index (χ3v) is 3.03. The van der Waals surface area contributed by atoms with Gasteiger partial charge in [0.15, 0.2) is 0 Å². The molecule has 1 saturated heterocycles. The summed E-state index contributed by atoms with van der Waals surface area (Å²) in [5.41, 5.74) is 1.21. The second kappa shape index (κ2) is 5.64. The first kappa shape index (κ1) is 11.9. The summed E-state index contributed by atoms with van der Waals surface area (Å²) in [5, 5.41) is 3.37. The van der Waals surface area contributed by atoms with Crippen LogP contribution in [-0.2, 0) is 16.1 Å². The van der Waals surface area contributed by atoms with E-state index in [-0.39, 0.29) is 17.9 Å². The first-order valence-corrected chi connectivity index (χ1v) is 5.86. The molecule has 0 aliphatic carbocycles. The van der Waals surface area contributed by atoms with Crippen LogP contribution in [0.25, 0.3) is 0 Å².